The molecule has 1 aromatic carbocycles. The first kappa shape index (κ1) is 12.1. The molecule has 2 aromatic rings. The second-order valence-electron chi connectivity index (χ2n) is 5.23. The Bertz CT molecular complexity index is 553. The number of likely N-dealkylation sites (tertiary alicyclic amines) is 1. The largest absolute Gasteiger partial charge is 0.346 e. The number of fused-ring (bicyclic) bond motifs is 1. The standard InChI is InChI=1S/C15H19ClN2/c1-17-14(11-18-7-3-2-4-8-18)10-12-9-13(16)5-6-15(12)17/h5-6,9-10H,2-4,7-8,11H2,1H3. The van der Waals surface area contributed by atoms with Gasteiger partial charge < -0.3 is 4.57 Å². The summed E-state index contributed by atoms with van der Waals surface area (Å²) in [7, 11) is 2.15. The highest BCUT2D eigenvalue weighted by Gasteiger charge is 2.13. The van der Waals surface area contributed by atoms with Gasteiger partial charge in [0.15, 0.2) is 0 Å². The zero-order valence-corrected chi connectivity index (χ0v) is 11.6. The SMILES string of the molecule is Cn1c(CN2CCCCC2)cc2cc(Cl)ccc21. The van der Waals surface area contributed by atoms with Crippen LogP contribution in [0, 0.1) is 0 Å². The van der Waals surface area contributed by atoms with Crippen molar-refractivity contribution in [2.45, 2.75) is 25.8 Å². The van der Waals surface area contributed by atoms with E-state index in [0.717, 1.165) is 11.6 Å². The van der Waals surface area contributed by atoms with Gasteiger partial charge in [-0.3, -0.25) is 4.90 Å². The third kappa shape index (κ3) is 2.27. The fourth-order valence-corrected chi connectivity index (χ4v) is 3.06. The van der Waals surface area contributed by atoms with Crippen molar-refractivity contribution in [1.82, 2.24) is 9.47 Å². The van der Waals surface area contributed by atoms with Gasteiger partial charge in [0.1, 0.15) is 0 Å². The van der Waals surface area contributed by atoms with Crippen LogP contribution in [0.15, 0.2) is 24.3 Å². The predicted molar refractivity (Wildman–Crippen MR) is 77.1 cm³/mol. The minimum Gasteiger partial charge on any atom is -0.346 e. The number of hydrogen-bond acceptors (Lipinski definition) is 1. The molecule has 3 heteroatoms. The summed E-state index contributed by atoms with van der Waals surface area (Å²) >= 11 is 6.05. The molecular formula is C15H19ClN2. The van der Waals surface area contributed by atoms with E-state index in [4.69, 9.17) is 11.6 Å². The molecule has 2 heterocycles. The fraction of sp³-hybridized carbons (Fsp3) is 0.467. The van der Waals surface area contributed by atoms with Gasteiger partial charge in [-0.1, -0.05) is 18.0 Å². The van der Waals surface area contributed by atoms with E-state index in [9.17, 15) is 0 Å². The van der Waals surface area contributed by atoms with Crippen LogP contribution >= 0.6 is 11.6 Å². The average molecular weight is 263 g/mol. The third-order valence-corrected chi connectivity index (χ3v) is 4.17. The van der Waals surface area contributed by atoms with E-state index in [2.05, 4.69) is 34.7 Å². The van der Waals surface area contributed by atoms with E-state index in [1.54, 1.807) is 0 Å². The monoisotopic (exact) mass is 262 g/mol. The third-order valence-electron chi connectivity index (χ3n) is 3.94. The predicted octanol–water partition coefficient (Wildman–Crippen LogP) is 3.82. The topological polar surface area (TPSA) is 8.17 Å². The van der Waals surface area contributed by atoms with Crippen LogP contribution in [-0.2, 0) is 13.6 Å². The van der Waals surface area contributed by atoms with E-state index in [1.807, 2.05) is 6.07 Å². The van der Waals surface area contributed by atoms with Gasteiger partial charge in [-0.15, -0.1) is 0 Å². The quantitative estimate of drug-likeness (QED) is 0.799. The summed E-state index contributed by atoms with van der Waals surface area (Å²) in [6, 6.07) is 8.40. The van der Waals surface area contributed by atoms with Crippen molar-refractivity contribution in [3.8, 4) is 0 Å². The summed E-state index contributed by atoms with van der Waals surface area (Å²) in [5, 5.41) is 2.06. The number of nitrogens with zero attached hydrogens (tertiary/aromatic N) is 2. The zero-order chi connectivity index (χ0) is 12.5. The highest BCUT2D eigenvalue weighted by Crippen LogP contribution is 2.24. The molecule has 0 amide bonds. The highest BCUT2D eigenvalue weighted by atomic mass is 35.5. The molecule has 0 aliphatic carbocycles. The van der Waals surface area contributed by atoms with Gasteiger partial charge in [-0.25, -0.2) is 0 Å². The highest BCUT2D eigenvalue weighted by molar-refractivity contribution is 6.31. The van der Waals surface area contributed by atoms with E-state index in [0.29, 0.717) is 0 Å². The normalized spacial score (nSPS) is 17.4. The van der Waals surface area contributed by atoms with Gasteiger partial charge in [-0.05, 0) is 50.2 Å². The van der Waals surface area contributed by atoms with Crippen LogP contribution in [0.4, 0.5) is 0 Å². The number of piperidine rings is 1. The van der Waals surface area contributed by atoms with Crippen LogP contribution in [0.1, 0.15) is 25.0 Å². The van der Waals surface area contributed by atoms with Crippen LogP contribution < -0.4 is 0 Å². The summed E-state index contributed by atoms with van der Waals surface area (Å²) in [5.41, 5.74) is 2.65. The van der Waals surface area contributed by atoms with Crippen molar-refractivity contribution in [2.75, 3.05) is 13.1 Å². The number of halogens is 1. The fourth-order valence-electron chi connectivity index (χ4n) is 2.88. The Morgan fingerprint density at radius 1 is 1.11 bits per heavy atom. The van der Waals surface area contributed by atoms with Crippen molar-refractivity contribution >= 4 is 22.5 Å². The summed E-state index contributed by atoms with van der Waals surface area (Å²) in [6.45, 7) is 3.54. The maximum atomic E-state index is 6.05. The molecule has 0 spiro atoms. The smallest absolute Gasteiger partial charge is 0.0481 e. The molecule has 2 nitrogen and oxygen atoms in total. The summed E-state index contributed by atoms with van der Waals surface area (Å²) < 4.78 is 2.29. The van der Waals surface area contributed by atoms with Gasteiger partial charge in [0.2, 0.25) is 0 Å². The molecule has 1 aliphatic heterocycles. The second-order valence-corrected chi connectivity index (χ2v) is 5.67. The minimum absolute atomic E-state index is 0.817. The van der Waals surface area contributed by atoms with Gasteiger partial charge >= 0.3 is 0 Å². The summed E-state index contributed by atoms with van der Waals surface area (Å²) in [4.78, 5) is 2.55. The molecule has 0 unspecified atom stereocenters. The van der Waals surface area contributed by atoms with Gasteiger partial charge in [0.25, 0.3) is 0 Å². The lowest BCUT2D eigenvalue weighted by atomic mass is 10.1. The van der Waals surface area contributed by atoms with Crippen molar-refractivity contribution < 1.29 is 0 Å². The number of rotatable bonds is 2. The minimum atomic E-state index is 0.817. The Morgan fingerprint density at radius 3 is 2.67 bits per heavy atom. The van der Waals surface area contributed by atoms with E-state index < -0.39 is 0 Å². The maximum absolute atomic E-state index is 6.05. The first-order valence-corrected chi connectivity index (χ1v) is 7.08. The second kappa shape index (κ2) is 4.94. The van der Waals surface area contributed by atoms with Gasteiger partial charge in [0.05, 0.1) is 0 Å². The molecule has 0 radical (unpaired) electrons. The molecule has 0 saturated carbocycles. The summed E-state index contributed by atoms with van der Waals surface area (Å²) in [5.74, 6) is 0. The van der Waals surface area contributed by atoms with Crippen molar-refractivity contribution in [2.24, 2.45) is 7.05 Å². The lowest BCUT2D eigenvalue weighted by Gasteiger charge is -2.26. The maximum Gasteiger partial charge on any atom is 0.0481 e. The first-order valence-electron chi connectivity index (χ1n) is 6.70. The Kier molecular flexibility index (Phi) is 3.31. The molecule has 3 rings (SSSR count). The first-order chi connectivity index (χ1) is 8.74. The van der Waals surface area contributed by atoms with E-state index in [-0.39, 0.29) is 0 Å². The number of aryl methyl sites for hydroxylation is 1. The number of aromatic nitrogens is 1. The number of benzene rings is 1. The zero-order valence-electron chi connectivity index (χ0n) is 10.8. The van der Waals surface area contributed by atoms with Crippen LogP contribution in [-0.4, -0.2) is 22.6 Å². The Morgan fingerprint density at radius 2 is 1.89 bits per heavy atom. The average Bonchev–Trinajstić information content (AvgIpc) is 2.67. The Hall–Kier alpha value is -0.990. The Balaban J connectivity index is 1.89. The molecule has 1 aromatic heterocycles. The van der Waals surface area contributed by atoms with E-state index in [1.165, 1.54) is 48.9 Å². The lowest BCUT2D eigenvalue weighted by molar-refractivity contribution is 0.217. The van der Waals surface area contributed by atoms with Crippen LogP contribution in [0.2, 0.25) is 5.02 Å². The molecular weight excluding hydrogens is 244 g/mol. The van der Waals surface area contributed by atoms with Crippen LogP contribution in [0.3, 0.4) is 0 Å². The lowest BCUT2D eigenvalue weighted by Crippen LogP contribution is -2.29. The summed E-state index contributed by atoms with van der Waals surface area (Å²) in [6.07, 6.45) is 4.08. The van der Waals surface area contributed by atoms with E-state index >= 15 is 0 Å². The van der Waals surface area contributed by atoms with Gasteiger partial charge in [0, 0.05) is 35.2 Å². The molecule has 0 bridgehead atoms. The molecule has 1 aliphatic rings. The number of hydrogen-bond donors (Lipinski definition) is 0. The van der Waals surface area contributed by atoms with Crippen molar-refractivity contribution in [3.63, 3.8) is 0 Å². The van der Waals surface area contributed by atoms with Crippen LogP contribution in [0.25, 0.3) is 10.9 Å². The molecule has 1 fully saturated rings. The molecule has 18 heavy (non-hydrogen) atoms. The van der Waals surface area contributed by atoms with Gasteiger partial charge in [-0.2, -0.15) is 0 Å². The van der Waals surface area contributed by atoms with Crippen molar-refractivity contribution in [3.05, 3.63) is 35.0 Å². The molecule has 0 atom stereocenters. The molecule has 1 saturated heterocycles. The molecule has 0 N–H and O–H groups in total. The van der Waals surface area contributed by atoms with Crippen molar-refractivity contribution in [1.29, 1.82) is 0 Å². The van der Waals surface area contributed by atoms with Crippen LogP contribution in [0.5, 0.6) is 0 Å². The molecule has 96 valence electrons. The Labute approximate surface area is 113 Å².